The third kappa shape index (κ3) is 2.94. The molecule has 216 valence electrons. The molecule has 0 saturated heterocycles. The van der Waals surface area contributed by atoms with Crippen LogP contribution in [-0.4, -0.2) is 18.9 Å². The van der Waals surface area contributed by atoms with Crippen molar-refractivity contribution in [2.24, 2.45) is 0 Å². The summed E-state index contributed by atoms with van der Waals surface area (Å²) in [6.07, 6.45) is 0. The van der Waals surface area contributed by atoms with Gasteiger partial charge in [0.05, 0.1) is 33.1 Å². The predicted molar refractivity (Wildman–Crippen MR) is 199 cm³/mol. The molecule has 5 aromatic heterocycles. The van der Waals surface area contributed by atoms with Crippen LogP contribution in [0.1, 0.15) is 0 Å². The molecule has 12 rings (SSSR count). The average molecular weight is 615 g/mol. The molecule has 12 aromatic rings. The Balaban J connectivity index is 1.26. The molecule has 0 saturated carbocycles. The molecule has 0 atom stereocenters. The SMILES string of the molecule is c1ccc2nc3c(nc2c1)c1cc(-n2c4ccccc4c4c5ccc6sc7ccccc7c6c5ccc42)cc2c4ccccc4n3c21. The minimum atomic E-state index is 0.905. The van der Waals surface area contributed by atoms with E-state index in [4.69, 9.17) is 9.97 Å². The number of fused-ring (bicyclic) bond motifs is 16. The van der Waals surface area contributed by atoms with E-state index in [-0.39, 0.29) is 0 Å². The summed E-state index contributed by atoms with van der Waals surface area (Å²) < 4.78 is 7.43. The Kier molecular flexibility index (Phi) is 4.33. The van der Waals surface area contributed by atoms with Gasteiger partial charge in [0.2, 0.25) is 0 Å². The van der Waals surface area contributed by atoms with Gasteiger partial charge >= 0.3 is 0 Å². The fourth-order valence-electron chi connectivity index (χ4n) is 8.31. The van der Waals surface area contributed by atoms with Gasteiger partial charge < -0.3 is 4.57 Å². The van der Waals surface area contributed by atoms with E-state index in [1.807, 2.05) is 23.5 Å². The van der Waals surface area contributed by atoms with Gasteiger partial charge in [0, 0.05) is 52.8 Å². The topological polar surface area (TPSA) is 35.1 Å². The van der Waals surface area contributed by atoms with Gasteiger partial charge in [-0.25, -0.2) is 9.97 Å². The van der Waals surface area contributed by atoms with Crippen molar-refractivity contribution in [2.45, 2.75) is 0 Å². The summed E-state index contributed by atoms with van der Waals surface area (Å²) >= 11 is 1.88. The van der Waals surface area contributed by atoms with Crippen molar-refractivity contribution in [1.82, 2.24) is 18.9 Å². The second-order valence-corrected chi connectivity index (χ2v) is 13.7. The van der Waals surface area contributed by atoms with Crippen molar-refractivity contribution in [3.05, 3.63) is 133 Å². The molecule has 0 spiro atoms. The van der Waals surface area contributed by atoms with Crippen LogP contribution in [0.25, 0.3) is 108 Å². The van der Waals surface area contributed by atoms with Crippen molar-refractivity contribution in [3.63, 3.8) is 0 Å². The number of aromatic nitrogens is 4. The van der Waals surface area contributed by atoms with E-state index in [1.54, 1.807) is 0 Å². The van der Waals surface area contributed by atoms with Gasteiger partial charge in [-0.05, 0) is 65.4 Å². The molecule has 5 heteroatoms. The maximum atomic E-state index is 5.22. The normalized spacial score (nSPS) is 12.7. The quantitative estimate of drug-likeness (QED) is 0.184. The summed E-state index contributed by atoms with van der Waals surface area (Å²) in [5.74, 6) is 0. The Labute approximate surface area is 270 Å². The lowest BCUT2D eigenvalue weighted by molar-refractivity contribution is 1.19. The first-order chi connectivity index (χ1) is 23.3. The van der Waals surface area contributed by atoms with Crippen molar-refractivity contribution in [3.8, 4) is 5.69 Å². The van der Waals surface area contributed by atoms with Gasteiger partial charge in [-0.3, -0.25) is 4.40 Å². The largest absolute Gasteiger partial charge is 0.309 e. The summed E-state index contributed by atoms with van der Waals surface area (Å²) in [5.41, 5.74) is 9.53. The van der Waals surface area contributed by atoms with Gasteiger partial charge in [-0.2, -0.15) is 0 Å². The number of benzene rings is 7. The molecule has 47 heavy (non-hydrogen) atoms. The van der Waals surface area contributed by atoms with Crippen LogP contribution in [0.4, 0.5) is 0 Å². The van der Waals surface area contributed by atoms with E-state index in [1.165, 1.54) is 69.0 Å². The Hall–Kier alpha value is -6.04. The highest BCUT2D eigenvalue weighted by Gasteiger charge is 2.23. The number of thiophene rings is 1. The standard InChI is InChI=1S/C42H22N4S/c1-6-14-33-24(9-1)29-21-23(22-30-40-42(46(33)41(29)30)44-32-13-5-4-12-31(32)43-40)45-34-15-7-2-10-27(34)38-25-18-20-37-39(26(25)17-19-35(38)45)28-11-3-8-16-36(28)47-37/h1-22H. The maximum absolute atomic E-state index is 5.22. The van der Waals surface area contributed by atoms with Crippen molar-refractivity contribution in [2.75, 3.05) is 0 Å². The fraction of sp³-hybridized carbons (Fsp3) is 0. The van der Waals surface area contributed by atoms with E-state index in [2.05, 4.69) is 130 Å². The molecule has 0 aliphatic rings. The maximum Gasteiger partial charge on any atom is 0.165 e. The van der Waals surface area contributed by atoms with Crippen LogP contribution >= 0.6 is 11.3 Å². The lowest BCUT2D eigenvalue weighted by Gasteiger charge is -2.10. The molecule has 0 N–H and O–H groups in total. The minimum Gasteiger partial charge on any atom is -0.309 e. The van der Waals surface area contributed by atoms with Crippen LogP contribution in [0.2, 0.25) is 0 Å². The lowest BCUT2D eigenvalue weighted by Crippen LogP contribution is -1.94. The first kappa shape index (κ1) is 24.2. The number of hydrogen-bond acceptors (Lipinski definition) is 3. The molecule has 0 radical (unpaired) electrons. The highest BCUT2D eigenvalue weighted by Crippen LogP contribution is 2.45. The highest BCUT2D eigenvalue weighted by molar-refractivity contribution is 7.26. The molecular formula is C42H22N4S. The molecule has 5 heterocycles. The summed E-state index contributed by atoms with van der Waals surface area (Å²) in [4.78, 5) is 10.4. The zero-order valence-corrected chi connectivity index (χ0v) is 25.7. The second-order valence-electron chi connectivity index (χ2n) is 12.6. The zero-order valence-electron chi connectivity index (χ0n) is 24.9. The Morgan fingerprint density at radius 2 is 1.13 bits per heavy atom. The van der Waals surface area contributed by atoms with Gasteiger partial charge in [0.25, 0.3) is 0 Å². The number of para-hydroxylation sites is 4. The van der Waals surface area contributed by atoms with Gasteiger partial charge in [-0.1, -0.05) is 78.9 Å². The molecule has 0 fully saturated rings. The summed E-state index contributed by atoms with van der Waals surface area (Å²) in [6.45, 7) is 0. The molecule has 0 bridgehead atoms. The average Bonchev–Trinajstić information content (AvgIpc) is 3.85. The van der Waals surface area contributed by atoms with Crippen LogP contribution in [-0.2, 0) is 0 Å². The van der Waals surface area contributed by atoms with Gasteiger partial charge in [-0.15, -0.1) is 11.3 Å². The minimum absolute atomic E-state index is 0.905. The first-order valence-electron chi connectivity index (χ1n) is 15.9. The summed E-state index contributed by atoms with van der Waals surface area (Å²) in [7, 11) is 0. The Morgan fingerprint density at radius 3 is 2.02 bits per heavy atom. The zero-order chi connectivity index (χ0) is 30.4. The van der Waals surface area contributed by atoms with E-state index in [0.29, 0.717) is 0 Å². The van der Waals surface area contributed by atoms with Crippen molar-refractivity contribution in [1.29, 1.82) is 0 Å². The molecule has 4 nitrogen and oxygen atoms in total. The van der Waals surface area contributed by atoms with E-state index < -0.39 is 0 Å². The Morgan fingerprint density at radius 1 is 0.447 bits per heavy atom. The highest BCUT2D eigenvalue weighted by atomic mass is 32.1. The monoisotopic (exact) mass is 614 g/mol. The molecule has 0 aliphatic carbocycles. The van der Waals surface area contributed by atoms with E-state index in [9.17, 15) is 0 Å². The number of nitrogens with zero attached hydrogens (tertiary/aromatic N) is 4. The molecular weight excluding hydrogens is 593 g/mol. The summed E-state index contributed by atoms with van der Waals surface area (Å²) in [6, 6.07) is 48.5. The van der Waals surface area contributed by atoms with Crippen LogP contribution in [0.5, 0.6) is 0 Å². The van der Waals surface area contributed by atoms with Crippen LogP contribution in [0.15, 0.2) is 133 Å². The molecule has 0 unspecified atom stereocenters. The lowest BCUT2D eigenvalue weighted by atomic mass is 9.99. The van der Waals surface area contributed by atoms with Crippen LogP contribution in [0, 0.1) is 0 Å². The molecule has 0 amide bonds. The van der Waals surface area contributed by atoms with Crippen LogP contribution < -0.4 is 0 Å². The fourth-order valence-corrected chi connectivity index (χ4v) is 9.44. The van der Waals surface area contributed by atoms with Crippen LogP contribution in [0.3, 0.4) is 0 Å². The smallest absolute Gasteiger partial charge is 0.165 e. The van der Waals surface area contributed by atoms with Gasteiger partial charge in [0.1, 0.15) is 5.52 Å². The first-order valence-corrected chi connectivity index (χ1v) is 16.7. The molecule has 7 aromatic carbocycles. The second kappa shape index (κ2) is 8.40. The number of hydrogen-bond donors (Lipinski definition) is 0. The third-order valence-electron chi connectivity index (χ3n) is 10.2. The third-order valence-corrected chi connectivity index (χ3v) is 11.3. The van der Waals surface area contributed by atoms with Crippen molar-refractivity contribution < 1.29 is 0 Å². The Bertz CT molecular complexity index is 3310. The molecule has 0 aliphatic heterocycles. The van der Waals surface area contributed by atoms with Gasteiger partial charge in [0.15, 0.2) is 5.65 Å². The van der Waals surface area contributed by atoms with E-state index in [0.717, 1.165) is 38.8 Å². The number of rotatable bonds is 1. The van der Waals surface area contributed by atoms with E-state index >= 15 is 0 Å². The van der Waals surface area contributed by atoms with Crippen molar-refractivity contribution >= 4 is 113 Å². The predicted octanol–water partition coefficient (Wildman–Crippen LogP) is 11.4. The summed E-state index contributed by atoms with van der Waals surface area (Å²) in [5, 5.41) is 11.4.